The van der Waals surface area contributed by atoms with Gasteiger partial charge in [0.2, 0.25) is 5.75 Å². The molecule has 0 radical (unpaired) electrons. The van der Waals surface area contributed by atoms with E-state index in [1.807, 2.05) is 6.92 Å². The third-order valence-corrected chi connectivity index (χ3v) is 9.44. The highest BCUT2D eigenvalue weighted by atomic mass is 35.5. The van der Waals surface area contributed by atoms with Crippen molar-refractivity contribution in [3.63, 3.8) is 0 Å². The lowest BCUT2D eigenvalue weighted by Crippen LogP contribution is -2.52. The molecule has 0 bridgehead atoms. The maximum absolute atomic E-state index is 15.2. The Kier molecular flexibility index (Phi) is 7.51. The molecule has 1 saturated carbocycles. The van der Waals surface area contributed by atoms with Crippen LogP contribution in [0.15, 0.2) is 59.5 Å². The fourth-order valence-corrected chi connectivity index (χ4v) is 6.04. The maximum Gasteiger partial charge on any atom is 0.384 e. The van der Waals surface area contributed by atoms with Crippen LogP contribution in [0.1, 0.15) is 25.3 Å². The molecule has 218 valence electrons. The van der Waals surface area contributed by atoms with E-state index in [0.717, 1.165) is 35.7 Å². The molecule has 2 fully saturated rings. The fourth-order valence-electron chi connectivity index (χ4n) is 4.47. The van der Waals surface area contributed by atoms with E-state index in [1.165, 1.54) is 6.20 Å². The minimum Gasteiger partial charge on any atom is -0.486 e. The van der Waals surface area contributed by atoms with Crippen LogP contribution in [-0.2, 0) is 15.3 Å². The quantitative estimate of drug-likeness (QED) is 0.261. The predicted molar refractivity (Wildman–Crippen MR) is 147 cm³/mol. The summed E-state index contributed by atoms with van der Waals surface area (Å²) in [7, 11) is -5.22. The lowest BCUT2D eigenvalue weighted by Gasteiger charge is -2.37. The number of nitro groups is 1. The largest absolute Gasteiger partial charge is 0.486 e. The van der Waals surface area contributed by atoms with Gasteiger partial charge in [0.15, 0.2) is 0 Å². The van der Waals surface area contributed by atoms with Gasteiger partial charge in [-0.1, -0.05) is 36.7 Å². The minimum atomic E-state index is -5.22. The topological polar surface area (TPSA) is 128 Å². The number of nitrogens with zero attached hydrogens (tertiary/aromatic N) is 5. The number of non-ortho nitro benzene ring substituents is 1. The van der Waals surface area contributed by atoms with E-state index in [9.17, 15) is 23.3 Å². The Bertz CT molecular complexity index is 1660. The van der Waals surface area contributed by atoms with Gasteiger partial charge in [-0.25, -0.2) is 8.42 Å². The Morgan fingerprint density at radius 1 is 1.12 bits per heavy atom. The molecule has 1 saturated heterocycles. The van der Waals surface area contributed by atoms with E-state index in [-0.39, 0.29) is 37.3 Å². The van der Waals surface area contributed by atoms with Crippen LogP contribution >= 0.6 is 11.6 Å². The number of rotatable bonds is 9. The van der Waals surface area contributed by atoms with Crippen LogP contribution in [0, 0.1) is 15.5 Å². The lowest BCUT2D eigenvalue weighted by atomic mass is 10.2. The first-order valence-corrected chi connectivity index (χ1v) is 14.5. The van der Waals surface area contributed by atoms with E-state index >= 15 is 8.78 Å². The number of sulfonamides is 1. The first-order chi connectivity index (χ1) is 19.3. The van der Waals surface area contributed by atoms with Crippen molar-refractivity contribution in [1.82, 2.24) is 14.1 Å². The van der Waals surface area contributed by atoms with Crippen LogP contribution in [0.25, 0.3) is 5.69 Å². The Morgan fingerprint density at radius 3 is 2.44 bits per heavy atom. The molecule has 0 spiro atoms. The smallest absolute Gasteiger partial charge is 0.384 e. The van der Waals surface area contributed by atoms with Crippen molar-refractivity contribution in [1.29, 1.82) is 0 Å². The maximum atomic E-state index is 15.2. The van der Waals surface area contributed by atoms with E-state index in [0.29, 0.717) is 33.4 Å². The number of alkyl halides is 2. The standard InChI is InChI=1S/C26H26ClF2N5O6S/c1-25(8-9-25)17-40-23-22(16-30-33(24(23)35)20-6-3-5-19(27)15-20)31-10-12-32(13-11-31)41(38,39)26(28,29)18-4-2-7-21(14-18)34(36)37/h2-7,14-16H,8-13,17H2,1H3. The van der Waals surface area contributed by atoms with Gasteiger partial charge in [0.05, 0.1) is 23.4 Å². The van der Waals surface area contributed by atoms with E-state index in [1.54, 1.807) is 29.2 Å². The van der Waals surface area contributed by atoms with Gasteiger partial charge in [0.25, 0.3) is 15.7 Å². The van der Waals surface area contributed by atoms with E-state index in [2.05, 4.69) is 5.10 Å². The van der Waals surface area contributed by atoms with Crippen molar-refractivity contribution < 1.29 is 26.9 Å². The molecule has 0 amide bonds. The third kappa shape index (κ3) is 5.63. The molecule has 2 aromatic carbocycles. The molecule has 3 aromatic rings. The number of ether oxygens (including phenoxy) is 1. The molecule has 5 rings (SSSR count). The first-order valence-electron chi connectivity index (χ1n) is 12.7. The van der Waals surface area contributed by atoms with Crippen LogP contribution in [0.3, 0.4) is 0 Å². The normalized spacial score (nSPS) is 17.3. The highest BCUT2D eigenvalue weighted by Gasteiger charge is 2.51. The molecule has 0 unspecified atom stereocenters. The molecule has 15 heteroatoms. The molecule has 1 aliphatic carbocycles. The highest BCUT2D eigenvalue weighted by molar-refractivity contribution is 7.89. The van der Waals surface area contributed by atoms with Crippen LogP contribution < -0.4 is 15.2 Å². The van der Waals surface area contributed by atoms with Gasteiger partial charge in [-0.15, -0.1) is 0 Å². The molecule has 1 aliphatic heterocycles. The zero-order valence-corrected chi connectivity index (χ0v) is 23.4. The number of aromatic nitrogens is 2. The van der Waals surface area contributed by atoms with Crippen molar-refractivity contribution in [3.8, 4) is 11.4 Å². The summed E-state index contributed by atoms with van der Waals surface area (Å²) in [6, 6.07) is 9.98. The lowest BCUT2D eigenvalue weighted by molar-refractivity contribution is -0.385. The second-order valence-corrected chi connectivity index (χ2v) is 12.8. The third-order valence-electron chi connectivity index (χ3n) is 7.27. The Labute approximate surface area is 239 Å². The zero-order chi connectivity index (χ0) is 29.6. The van der Waals surface area contributed by atoms with Crippen LogP contribution in [-0.4, -0.2) is 60.2 Å². The highest BCUT2D eigenvalue weighted by Crippen LogP contribution is 2.45. The zero-order valence-electron chi connectivity index (χ0n) is 21.9. The predicted octanol–water partition coefficient (Wildman–Crippen LogP) is 4.17. The molecule has 41 heavy (non-hydrogen) atoms. The number of piperazine rings is 1. The number of benzene rings is 2. The van der Waals surface area contributed by atoms with Gasteiger partial charge < -0.3 is 9.64 Å². The summed E-state index contributed by atoms with van der Waals surface area (Å²) in [6.07, 6.45) is 3.32. The second kappa shape index (κ2) is 10.7. The van der Waals surface area contributed by atoms with Crippen LogP contribution in [0.5, 0.6) is 5.75 Å². The van der Waals surface area contributed by atoms with Crippen LogP contribution in [0.2, 0.25) is 5.02 Å². The van der Waals surface area contributed by atoms with Gasteiger partial charge >= 0.3 is 10.8 Å². The number of halogens is 3. The van der Waals surface area contributed by atoms with Crippen molar-refractivity contribution >= 4 is 33.0 Å². The average Bonchev–Trinajstić information content (AvgIpc) is 3.69. The SMILES string of the molecule is CC1(COc2c(N3CCN(S(=O)(=O)C(F)(F)c4cccc([N+](=O)[O-])c4)CC3)cnn(-c3cccc(Cl)c3)c2=O)CC1. The first kappa shape index (κ1) is 28.9. The molecule has 0 N–H and O–H groups in total. The van der Waals surface area contributed by atoms with Gasteiger partial charge in [-0.2, -0.15) is 22.9 Å². The second-order valence-electron chi connectivity index (χ2n) is 10.4. The fraction of sp³-hybridized carbons (Fsp3) is 0.385. The molecule has 1 aromatic heterocycles. The molecule has 2 aliphatic rings. The van der Waals surface area contributed by atoms with Crippen molar-refractivity contribution in [2.75, 3.05) is 37.7 Å². The summed E-state index contributed by atoms with van der Waals surface area (Å²) in [6.45, 7) is 1.64. The summed E-state index contributed by atoms with van der Waals surface area (Å²) < 4.78 is 64.2. The molecule has 11 nitrogen and oxygen atoms in total. The van der Waals surface area contributed by atoms with Gasteiger partial charge in [0.1, 0.15) is 5.69 Å². The van der Waals surface area contributed by atoms with Crippen molar-refractivity contribution in [2.45, 2.75) is 25.0 Å². The van der Waals surface area contributed by atoms with Gasteiger partial charge in [0, 0.05) is 54.3 Å². The molecule has 0 atom stereocenters. The summed E-state index contributed by atoms with van der Waals surface area (Å²) in [4.78, 5) is 25.3. The number of hydrogen-bond donors (Lipinski definition) is 0. The van der Waals surface area contributed by atoms with Crippen molar-refractivity contribution in [2.24, 2.45) is 5.41 Å². The Balaban J connectivity index is 1.40. The summed E-state index contributed by atoms with van der Waals surface area (Å²) in [5.74, 6) is 0.0198. The van der Waals surface area contributed by atoms with E-state index in [4.69, 9.17) is 16.3 Å². The number of anilines is 1. The van der Waals surface area contributed by atoms with Crippen LogP contribution in [0.4, 0.5) is 20.2 Å². The summed E-state index contributed by atoms with van der Waals surface area (Å²) in [5.41, 5.74) is -1.49. The van der Waals surface area contributed by atoms with Gasteiger partial charge in [-0.05, 0) is 31.0 Å². The average molecular weight is 610 g/mol. The van der Waals surface area contributed by atoms with E-state index < -0.39 is 37.0 Å². The molecular formula is C26H26ClF2N5O6S. The Morgan fingerprint density at radius 2 is 1.80 bits per heavy atom. The number of nitro benzene ring substituents is 1. The number of hydrogen-bond acceptors (Lipinski definition) is 8. The molecular weight excluding hydrogens is 584 g/mol. The molecule has 2 heterocycles. The minimum absolute atomic E-state index is 0.0198. The summed E-state index contributed by atoms with van der Waals surface area (Å²) >= 11 is 6.09. The summed E-state index contributed by atoms with van der Waals surface area (Å²) in [5, 5.41) is 11.3. The Hall–Kier alpha value is -3.62. The van der Waals surface area contributed by atoms with Crippen molar-refractivity contribution in [3.05, 3.63) is 85.8 Å². The van der Waals surface area contributed by atoms with Gasteiger partial charge in [-0.3, -0.25) is 14.9 Å². The monoisotopic (exact) mass is 609 g/mol.